The standard InChI is InChI=1S/C27H22Cl2F4N2O4S/c1-15(26-20(28)6-3-7-22(26)30)10-16-11-23-24(13-21(16)29)39-18(8-9-25(34)36)14-35(23)40(37,38)19-5-2-4-17(12-19)27(31,32)33/h2-7,10-13,18H,8-9,14H2,1H3,(H2,34,36)/b15-10+/t18-/m0/s1. The Kier molecular flexibility index (Phi) is 8.39. The molecule has 0 radical (unpaired) electrons. The van der Waals surface area contributed by atoms with E-state index in [-0.39, 0.29) is 52.0 Å². The third-order valence-corrected chi connectivity index (χ3v) is 8.62. The van der Waals surface area contributed by atoms with Crippen molar-refractivity contribution in [3.63, 3.8) is 0 Å². The molecule has 40 heavy (non-hydrogen) atoms. The van der Waals surface area contributed by atoms with Crippen LogP contribution < -0.4 is 14.8 Å². The average Bonchev–Trinajstić information content (AvgIpc) is 2.87. The van der Waals surface area contributed by atoms with Crippen molar-refractivity contribution in [2.75, 3.05) is 10.8 Å². The Balaban J connectivity index is 1.84. The number of carbonyl (C=O) groups excluding carboxylic acids is 1. The van der Waals surface area contributed by atoms with E-state index in [2.05, 4.69) is 0 Å². The quantitative estimate of drug-likeness (QED) is 0.230. The van der Waals surface area contributed by atoms with E-state index in [1.54, 1.807) is 6.92 Å². The van der Waals surface area contributed by atoms with E-state index in [0.717, 1.165) is 22.5 Å². The minimum atomic E-state index is -4.77. The summed E-state index contributed by atoms with van der Waals surface area (Å²) >= 11 is 12.7. The number of benzene rings is 3. The van der Waals surface area contributed by atoms with Crippen molar-refractivity contribution in [3.05, 3.63) is 87.2 Å². The smallest absolute Gasteiger partial charge is 0.416 e. The molecule has 0 aliphatic carbocycles. The maximum atomic E-state index is 14.5. The van der Waals surface area contributed by atoms with Crippen LogP contribution in [0.1, 0.15) is 36.5 Å². The zero-order valence-corrected chi connectivity index (χ0v) is 23.1. The molecule has 2 N–H and O–H groups in total. The minimum Gasteiger partial charge on any atom is -0.486 e. The molecular weight excluding hydrogens is 595 g/mol. The van der Waals surface area contributed by atoms with E-state index in [4.69, 9.17) is 33.7 Å². The Hall–Kier alpha value is -3.28. The van der Waals surface area contributed by atoms with Crippen molar-refractivity contribution in [2.45, 2.75) is 36.9 Å². The predicted molar refractivity (Wildman–Crippen MR) is 145 cm³/mol. The molecule has 13 heteroatoms. The van der Waals surface area contributed by atoms with Gasteiger partial charge in [-0.25, -0.2) is 12.8 Å². The van der Waals surface area contributed by atoms with Crippen LogP contribution >= 0.6 is 23.2 Å². The third-order valence-electron chi connectivity index (χ3n) is 6.20. The minimum absolute atomic E-state index is 0.00387. The molecule has 3 aromatic carbocycles. The van der Waals surface area contributed by atoms with Gasteiger partial charge in [0.25, 0.3) is 10.0 Å². The summed E-state index contributed by atoms with van der Waals surface area (Å²) in [5.74, 6) is -1.19. The summed E-state index contributed by atoms with van der Waals surface area (Å²) in [6.07, 6.45) is -4.18. The fourth-order valence-electron chi connectivity index (χ4n) is 4.28. The first kappa shape index (κ1) is 29.7. The molecule has 0 unspecified atom stereocenters. The van der Waals surface area contributed by atoms with Crippen LogP contribution in [0.3, 0.4) is 0 Å². The third kappa shape index (κ3) is 6.21. The van der Waals surface area contributed by atoms with Crippen LogP contribution in [0.5, 0.6) is 5.75 Å². The lowest BCUT2D eigenvalue weighted by atomic mass is 10.0. The predicted octanol–water partition coefficient (Wildman–Crippen LogP) is 6.93. The van der Waals surface area contributed by atoms with Gasteiger partial charge >= 0.3 is 6.18 Å². The number of sulfonamides is 1. The second-order valence-electron chi connectivity index (χ2n) is 9.07. The van der Waals surface area contributed by atoms with Crippen molar-refractivity contribution in [2.24, 2.45) is 5.73 Å². The molecule has 4 rings (SSSR count). The highest BCUT2D eigenvalue weighted by Crippen LogP contribution is 2.43. The Labute approximate surface area is 238 Å². The fourth-order valence-corrected chi connectivity index (χ4v) is 6.35. The number of nitrogens with zero attached hydrogens (tertiary/aromatic N) is 1. The maximum absolute atomic E-state index is 14.5. The van der Waals surface area contributed by atoms with Gasteiger partial charge in [-0.3, -0.25) is 9.10 Å². The number of fused-ring (bicyclic) bond motifs is 1. The van der Waals surface area contributed by atoms with Gasteiger partial charge in [-0.05, 0) is 67.0 Å². The van der Waals surface area contributed by atoms with Crippen LogP contribution in [0.15, 0.2) is 59.5 Å². The number of halogens is 6. The Morgan fingerprint density at radius 1 is 1.12 bits per heavy atom. The highest BCUT2D eigenvalue weighted by molar-refractivity contribution is 7.92. The molecule has 212 valence electrons. The fraction of sp³-hybridized carbons (Fsp3) is 0.222. The van der Waals surface area contributed by atoms with Crippen LogP contribution in [0.4, 0.5) is 23.2 Å². The summed E-state index contributed by atoms with van der Waals surface area (Å²) in [4.78, 5) is 10.8. The second kappa shape index (κ2) is 11.3. The number of carbonyl (C=O) groups is 1. The molecule has 0 spiro atoms. The van der Waals surface area contributed by atoms with Gasteiger partial charge in [0.15, 0.2) is 0 Å². The number of amides is 1. The van der Waals surface area contributed by atoms with Gasteiger partial charge in [0.1, 0.15) is 17.7 Å². The van der Waals surface area contributed by atoms with Crippen LogP contribution in [-0.4, -0.2) is 27.0 Å². The number of hydrogen-bond acceptors (Lipinski definition) is 4. The number of nitrogens with two attached hydrogens (primary N) is 1. The average molecular weight is 617 g/mol. The van der Waals surface area contributed by atoms with Crippen LogP contribution in [-0.2, 0) is 21.0 Å². The molecule has 0 saturated heterocycles. The Morgan fingerprint density at radius 3 is 2.48 bits per heavy atom. The van der Waals surface area contributed by atoms with Gasteiger partial charge in [0.05, 0.1) is 32.7 Å². The van der Waals surface area contributed by atoms with E-state index in [1.807, 2.05) is 0 Å². The lowest BCUT2D eigenvalue weighted by molar-refractivity contribution is -0.137. The lowest BCUT2D eigenvalue weighted by Crippen LogP contribution is -2.44. The highest BCUT2D eigenvalue weighted by atomic mass is 35.5. The summed E-state index contributed by atoms with van der Waals surface area (Å²) in [6.45, 7) is 1.27. The van der Waals surface area contributed by atoms with Crippen LogP contribution in [0, 0.1) is 5.82 Å². The van der Waals surface area contributed by atoms with Gasteiger partial charge in [-0.1, -0.05) is 35.3 Å². The molecule has 1 aliphatic rings. The van der Waals surface area contributed by atoms with Crippen LogP contribution in [0.2, 0.25) is 10.0 Å². The topological polar surface area (TPSA) is 89.7 Å². The summed E-state index contributed by atoms with van der Waals surface area (Å²) < 4.78 is 88.9. The van der Waals surface area contributed by atoms with Crippen LogP contribution in [0.25, 0.3) is 11.6 Å². The molecular formula is C27H22Cl2F4N2O4S. The van der Waals surface area contributed by atoms with E-state index < -0.39 is 44.5 Å². The normalized spacial score (nSPS) is 15.9. The molecule has 3 aromatic rings. The molecule has 1 aliphatic heterocycles. The van der Waals surface area contributed by atoms with Crippen molar-refractivity contribution in [3.8, 4) is 5.75 Å². The van der Waals surface area contributed by atoms with Gasteiger partial charge in [-0.2, -0.15) is 13.2 Å². The number of ether oxygens (including phenoxy) is 1. The molecule has 1 amide bonds. The Bertz CT molecular complexity index is 1590. The number of rotatable bonds is 7. The second-order valence-corrected chi connectivity index (χ2v) is 11.7. The monoisotopic (exact) mass is 616 g/mol. The SMILES string of the molecule is C/C(=C\c1cc2c(cc1Cl)O[C@@H](CCC(N)=O)CN2S(=O)(=O)c1cccc(C(F)(F)F)c1)c1c(F)cccc1Cl. The van der Waals surface area contributed by atoms with E-state index in [1.165, 1.54) is 36.4 Å². The maximum Gasteiger partial charge on any atom is 0.416 e. The molecule has 0 aromatic heterocycles. The first-order valence-corrected chi connectivity index (χ1v) is 14.0. The molecule has 0 bridgehead atoms. The largest absolute Gasteiger partial charge is 0.486 e. The number of primary amides is 1. The van der Waals surface area contributed by atoms with Crippen molar-refractivity contribution < 1.29 is 35.5 Å². The summed E-state index contributed by atoms with van der Waals surface area (Å²) in [5.41, 5.74) is 4.88. The molecule has 0 saturated carbocycles. The van der Waals surface area contributed by atoms with Gasteiger partial charge in [-0.15, -0.1) is 0 Å². The molecule has 6 nitrogen and oxygen atoms in total. The van der Waals surface area contributed by atoms with Gasteiger partial charge in [0, 0.05) is 18.1 Å². The molecule has 0 fully saturated rings. The highest BCUT2D eigenvalue weighted by Gasteiger charge is 2.37. The number of alkyl halides is 3. The first-order valence-electron chi connectivity index (χ1n) is 11.8. The van der Waals surface area contributed by atoms with Crippen molar-refractivity contribution >= 4 is 56.5 Å². The number of anilines is 1. The first-order chi connectivity index (χ1) is 18.7. The summed E-state index contributed by atoms with van der Waals surface area (Å²) in [7, 11) is -4.56. The van der Waals surface area contributed by atoms with E-state index >= 15 is 0 Å². The Morgan fingerprint density at radius 2 is 1.82 bits per heavy atom. The van der Waals surface area contributed by atoms with Gasteiger partial charge in [0.2, 0.25) is 5.91 Å². The van der Waals surface area contributed by atoms with E-state index in [0.29, 0.717) is 11.6 Å². The van der Waals surface area contributed by atoms with E-state index in [9.17, 15) is 30.8 Å². The zero-order valence-electron chi connectivity index (χ0n) is 20.8. The number of allylic oxidation sites excluding steroid dienone is 1. The van der Waals surface area contributed by atoms with Gasteiger partial charge < -0.3 is 10.5 Å². The summed E-state index contributed by atoms with van der Waals surface area (Å²) in [5, 5.41) is 0.273. The zero-order chi connectivity index (χ0) is 29.4. The lowest BCUT2D eigenvalue weighted by Gasteiger charge is -2.36. The summed E-state index contributed by atoms with van der Waals surface area (Å²) in [6, 6.07) is 10.3. The van der Waals surface area contributed by atoms with Crippen molar-refractivity contribution in [1.29, 1.82) is 0 Å². The molecule has 1 heterocycles. The van der Waals surface area contributed by atoms with Crippen molar-refractivity contribution in [1.82, 2.24) is 0 Å². The number of hydrogen-bond donors (Lipinski definition) is 1. The molecule has 1 atom stereocenters.